The second kappa shape index (κ2) is 3.95. The minimum absolute atomic E-state index is 0.171. The van der Waals surface area contributed by atoms with Crippen LogP contribution in [0.1, 0.15) is 20.8 Å². The minimum atomic E-state index is -4.22. The van der Waals surface area contributed by atoms with Crippen molar-refractivity contribution in [3.63, 3.8) is 0 Å². The van der Waals surface area contributed by atoms with Gasteiger partial charge >= 0.3 is 0 Å². The number of nitrogen functional groups attached to an aromatic ring is 1. The van der Waals surface area contributed by atoms with E-state index < -0.39 is 15.7 Å². The van der Waals surface area contributed by atoms with Gasteiger partial charge in [0.25, 0.3) is 10.1 Å². The fourth-order valence-corrected chi connectivity index (χ4v) is 1.63. The van der Waals surface area contributed by atoms with Gasteiger partial charge in [-0.15, -0.1) is 0 Å². The Morgan fingerprint density at radius 1 is 1.31 bits per heavy atom. The smallest absolute Gasteiger partial charge is 0.294 e. The van der Waals surface area contributed by atoms with Crippen LogP contribution in [0.25, 0.3) is 0 Å². The van der Waals surface area contributed by atoms with Gasteiger partial charge in [0.2, 0.25) is 0 Å². The normalized spacial score (nSPS) is 12.5. The Hall–Kier alpha value is -1.27. The van der Waals surface area contributed by atoms with Gasteiger partial charge in [0.1, 0.15) is 11.4 Å². The molecule has 5 nitrogen and oxygen atoms in total. The third kappa shape index (κ3) is 3.39. The molecule has 0 heterocycles. The second-order valence-electron chi connectivity index (χ2n) is 4.39. The highest BCUT2D eigenvalue weighted by molar-refractivity contribution is 7.85. The van der Waals surface area contributed by atoms with Gasteiger partial charge in [0.05, 0.1) is 10.6 Å². The topological polar surface area (TPSA) is 89.6 Å². The minimum Gasteiger partial charge on any atom is -0.486 e. The first kappa shape index (κ1) is 12.8. The summed E-state index contributed by atoms with van der Waals surface area (Å²) in [5.41, 5.74) is 5.37. The first-order valence-electron chi connectivity index (χ1n) is 4.65. The molecule has 1 aromatic carbocycles. The number of hydrogen-bond donors (Lipinski definition) is 2. The molecule has 90 valence electrons. The van der Waals surface area contributed by atoms with Crippen LogP contribution in [0.3, 0.4) is 0 Å². The fraction of sp³-hybridized carbons (Fsp3) is 0.400. The van der Waals surface area contributed by atoms with Gasteiger partial charge in [-0.25, -0.2) is 0 Å². The van der Waals surface area contributed by atoms with E-state index in [9.17, 15) is 8.42 Å². The molecule has 0 spiro atoms. The highest BCUT2D eigenvalue weighted by Crippen LogP contribution is 2.27. The Morgan fingerprint density at radius 3 is 2.25 bits per heavy atom. The summed E-state index contributed by atoms with van der Waals surface area (Å²) in [5.74, 6) is 0.389. The zero-order valence-electron chi connectivity index (χ0n) is 9.39. The predicted octanol–water partition coefficient (Wildman–Crippen LogP) is 1.69. The molecule has 16 heavy (non-hydrogen) atoms. The lowest BCUT2D eigenvalue weighted by Crippen LogP contribution is -2.23. The maximum Gasteiger partial charge on any atom is 0.294 e. The molecule has 0 fully saturated rings. The van der Waals surface area contributed by atoms with Crippen molar-refractivity contribution in [2.45, 2.75) is 31.3 Å². The van der Waals surface area contributed by atoms with E-state index in [2.05, 4.69) is 0 Å². The maximum absolute atomic E-state index is 10.8. The number of ether oxygens (including phenoxy) is 1. The van der Waals surface area contributed by atoms with Crippen LogP contribution in [0.2, 0.25) is 0 Å². The lowest BCUT2D eigenvalue weighted by molar-refractivity contribution is 0.132. The molecular formula is C10H15NO4S. The molecule has 0 bridgehead atoms. The van der Waals surface area contributed by atoms with Crippen molar-refractivity contribution >= 4 is 15.8 Å². The summed E-state index contributed by atoms with van der Waals surface area (Å²) in [6.07, 6.45) is 0. The van der Waals surface area contributed by atoms with Crippen LogP contribution in [-0.4, -0.2) is 18.6 Å². The molecule has 0 saturated carbocycles. The molecule has 0 unspecified atom stereocenters. The summed E-state index contributed by atoms with van der Waals surface area (Å²) in [4.78, 5) is -0.244. The van der Waals surface area contributed by atoms with Gasteiger partial charge in [0, 0.05) is 0 Å². The van der Waals surface area contributed by atoms with E-state index in [1.165, 1.54) is 12.1 Å². The molecular weight excluding hydrogens is 230 g/mol. The molecule has 6 heteroatoms. The van der Waals surface area contributed by atoms with E-state index in [0.717, 1.165) is 6.07 Å². The zero-order chi connectivity index (χ0) is 12.6. The van der Waals surface area contributed by atoms with E-state index in [4.69, 9.17) is 15.0 Å². The van der Waals surface area contributed by atoms with Crippen molar-refractivity contribution < 1.29 is 17.7 Å². The van der Waals surface area contributed by atoms with Crippen LogP contribution in [0.4, 0.5) is 5.69 Å². The fourth-order valence-electron chi connectivity index (χ4n) is 1.11. The van der Waals surface area contributed by atoms with Crippen LogP contribution < -0.4 is 10.5 Å². The number of anilines is 1. The Bertz CT molecular complexity index is 488. The standard InChI is InChI=1S/C10H15NO4S/c1-10(2,3)15-9-5-4-7(6-8(9)11)16(12,13)14/h4-6H,11H2,1-3H3,(H,12,13,14). The van der Waals surface area contributed by atoms with Gasteiger partial charge < -0.3 is 10.5 Å². The zero-order valence-corrected chi connectivity index (χ0v) is 10.2. The van der Waals surface area contributed by atoms with Crippen LogP contribution in [-0.2, 0) is 10.1 Å². The first-order valence-corrected chi connectivity index (χ1v) is 6.10. The number of rotatable bonds is 2. The summed E-state index contributed by atoms with van der Waals surface area (Å²) < 4.78 is 36.0. The molecule has 0 aliphatic rings. The van der Waals surface area contributed by atoms with E-state index in [-0.39, 0.29) is 10.6 Å². The van der Waals surface area contributed by atoms with Crippen molar-refractivity contribution in [2.75, 3.05) is 5.73 Å². The third-order valence-corrected chi connectivity index (χ3v) is 2.54. The summed E-state index contributed by atoms with van der Waals surface area (Å²) in [6.45, 7) is 5.55. The number of benzene rings is 1. The molecule has 3 N–H and O–H groups in total. The van der Waals surface area contributed by atoms with Crippen LogP contribution in [0, 0.1) is 0 Å². The quantitative estimate of drug-likeness (QED) is 0.611. The van der Waals surface area contributed by atoms with E-state index in [1.54, 1.807) is 0 Å². The van der Waals surface area contributed by atoms with Crippen molar-refractivity contribution in [2.24, 2.45) is 0 Å². The number of hydrogen-bond acceptors (Lipinski definition) is 4. The second-order valence-corrected chi connectivity index (χ2v) is 5.81. The SMILES string of the molecule is CC(C)(C)Oc1ccc(S(=O)(=O)O)cc1N. The van der Waals surface area contributed by atoms with E-state index in [0.29, 0.717) is 5.75 Å². The molecule has 0 amide bonds. The Labute approximate surface area is 95.0 Å². The molecule has 0 atom stereocenters. The molecule has 1 aromatic rings. The molecule has 0 radical (unpaired) electrons. The summed E-state index contributed by atoms with van der Waals surface area (Å²) >= 11 is 0. The Kier molecular flexibility index (Phi) is 3.16. The van der Waals surface area contributed by atoms with Crippen LogP contribution in [0.5, 0.6) is 5.75 Å². The highest BCUT2D eigenvalue weighted by Gasteiger charge is 2.16. The van der Waals surface area contributed by atoms with Crippen molar-refractivity contribution in [3.8, 4) is 5.75 Å². The molecule has 0 aromatic heterocycles. The monoisotopic (exact) mass is 245 g/mol. The third-order valence-electron chi connectivity index (χ3n) is 1.70. The molecule has 0 aliphatic heterocycles. The predicted molar refractivity (Wildman–Crippen MR) is 61.1 cm³/mol. The molecule has 0 saturated heterocycles. The summed E-state index contributed by atoms with van der Waals surface area (Å²) in [7, 11) is -4.22. The van der Waals surface area contributed by atoms with E-state index >= 15 is 0 Å². The van der Waals surface area contributed by atoms with Gasteiger partial charge in [-0.05, 0) is 39.0 Å². The van der Waals surface area contributed by atoms with Gasteiger partial charge in [-0.1, -0.05) is 0 Å². The highest BCUT2D eigenvalue weighted by atomic mass is 32.2. The van der Waals surface area contributed by atoms with Gasteiger partial charge in [-0.2, -0.15) is 8.42 Å². The van der Waals surface area contributed by atoms with Gasteiger partial charge in [-0.3, -0.25) is 4.55 Å². The number of nitrogens with two attached hydrogens (primary N) is 1. The average molecular weight is 245 g/mol. The lowest BCUT2D eigenvalue weighted by Gasteiger charge is -2.22. The van der Waals surface area contributed by atoms with Crippen LogP contribution in [0.15, 0.2) is 23.1 Å². The average Bonchev–Trinajstić information content (AvgIpc) is 2.04. The van der Waals surface area contributed by atoms with Crippen LogP contribution >= 0.6 is 0 Å². The first-order chi connectivity index (χ1) is 7.09. The van der Waals surface area contributed by atoms with Gasteiger partial charge in [0.15, 0.2) is 0 Å². The Balaban J connectivity index is 3.11. The maximum atomic E-state index is 10.8. The van der Waals surface area contributed by atoms with Crippen molar-refractivity contribution in [1.29, 1.82) is 0 Å². The largest absolute Gasteiger partial charge is 0.486 e. The summed E-state index contributed by atoms with van der Waals surface area (Å²) in [6, 6.07) is 3.83. The summed E-state index contributed by atoms with van der Waals surface area (Å²) in [5, 5.41) is 0. The lowest BCUT2D eigenvalue weighted by atomic mass is 10.2. The Morgan fingerprint density at radius 2 is 1.88 bits per heavy atom. The van der Waals surface area contributed by atoms with Crippen molar-refractivity contribution in [1.82, 2.24) is 0 Å². The molecule has 1 rings (SSSR count). The van der Waals surface area contributed by atoms with Crippen molar-refractivity contribution in [3.05, 3.63) is 18.2 Å². The molecule has 0 aliphatic carbocycles. The van der Waals surface area contributed by atoms with E-state index in [1.807, 2.05) is 20.8 Å².